The molecule has 628 valence electrons. The second kappa shape index (κ2) is 42.5. The van der Waals surface area contributed by atoms with E-state index < -0.39 is 92.5 Å². The molecular formula is C66H53Br5Cl2F15N17O11S. The van der Waals surface area contributed by atoms with Crippen molar-refractivity contribution in [2.24, 2.45) is 18.0 Å². The van der Waals surface area contributed by atoms with Gasteiger partial charge in [0.1, 0.15) is 23.0 Å². The molecule has 0 aromatic carbocycles. The number of aryl methyl sites for hydroxylation is 1. The topological polar surface area (TPSA) is 349 Å². The van der Waals surface area contributed by atoms with E-state index in [2.05, 4.69) is 166 Å². The number of carbonyl (C=O) groups excluding carboxylic acids is 2. The number of aromatic nitrogens is 13. The number of anilines is 2. The predicted molar refractivity (Wildman–Crippen MR) is 410 cm³/mol. The number of nitrogens with two attached hydrogens (primary N) is 1. The van der Waals surface area contributed by atoms with Gasteiger partial charge in [-0.05, 0) is 184 Å². The fourth-order valence-electron chi connectivity index (χ4n) is 8.55. The van der Waals surface area contributed by atoms with E-state index in [0.29, 0.717) is 50.2 Å². The van der Waals surface area contributed by atoms with Crippen molar-refractivity contribution in [3.63, 3.8) is 0 Å². The van der Waals surface area contributed by atoms with Crippen LogP contribution >= 0.6 is 101 Å². The Labute approximate surface area is 701 Å². The third kappa shape index (κ3) is 27.6. The summed E-state index contributed by atoms with van der Waals surface area (Å²) in [5.74, 6) is 1.81. The number of hydrogen-bond donors (Lipinski definition) is 3. The van der Waals surface area contributed by atoms with Crippen LogP contribution in [0.25, 0.3) is 46.3 Å². The summed E-state index contributed by atoms with van der Waals surface area (Å²) in [6, 6.07) is 26.6. The number of methoxy groups -OCH3 is 1. The summed E-state index contributed by atoms with van der Waals surface area (Å²) in [4.78, 5) is 52.9. The normalized spacial score (nSPS) is 13.3. The number of pyridine rings is 5. The maximum absolute atomic E-state index is 13.3. The van der Waals surface area contributed by atoms with E-state index in [1.165, 1.54) is 117 Å². The van der Waals surface area contributed by atoms with Crippen LogP contribution in [0.3, 0.4) is 0 Å². The first-order valence-corrected chi connectivity index (χ1v) is 37.3. The molecule has 1 aliphatic heterocycles. The number of hydrazine groups is 1. The summed E-state index contributed by atoms with van der Waals surface area (Å²) in [5, 5.41) is 29.6. The van der Waals surface area contributed by atoms with Crippen LogP contribution in [0.2, 0.25) is 0 Å². The minimum Gasteiger partial charge on any atom is -0.493 e. The molecule has 1 aliphatic rings. The molecule has 28 nitrogen and oxygen atoms in total. The van der Waals surface area contributed by atoms with Gasteiger partial charge in [-0.2, -0.15) is 90.9 Å². The van der Waals surface area contributed by atoms with Gasteiger partial charge in [-0.25, -0.2) is 63.6 Å². The maximum atomic E-state index is 13.3. The van der Waals surface area contributed by atoms with E-state index in [1.54, 1.807) is 37.4 Å². The Hall–Kier alpha value is -9.89. The maximum Gasteiger partial charge on any atom is 0.454 e. The van der Waals surface area contributed by atoms with E-state index in [-0.39, 0.29) is 90.8 Å². The summed E-state index contributed by atoms with van der Waals surface area (Å²) >= 11 is 15.9. The van der Waals surface area contributed by atoms with Crippen LogP contribution in [0.5, 0.6) is 0 Å². The quantitative estimate of drug-likeness (QED) is 0.0184. The lowest BCUT2D eigenvalue weighted by Crippen LogP contribution is -2.55. The third-order valence-electron chi connectivity index (χ3n) is 13.5. The lowest BCUT2D eigenvalue weighted by atomic mass is 10.1. The molecule has 12 aromatic rings. The van der Waals surface area contributed by atoms with Crippen LogP contribution in [0, 0.1) is 0 Å². The largest absolute Gasteiger partial charge is 0.493 e. The van der Waals surface area contributed by atoms with Crippen molar-refractivity contribution in [3.8, 4) is 40.5 Å². The van der Waals surface area contributed by atoms with Gasteiger partial charge in [0.05, 0.1) is 38.9 Å². The number of ether oxygens (including phenoxy) is 2. The summed E-state index contributed by atoms with van der Waals surface area (Å²) in [6.45, 7) is 1.60. The van der Waals surface area contributed by atoms with Gasteiger partial charge in [0.25, 0.3) is 17.4 Å². The van der Waals surface area contributed by atoms with E-state index >= 15 is 0 Å². The Morgan fingerprint density at radius 1 is 0.607 bits per heavy atom. The number of aliphatic hydroxyl groups is 1. The van der Waals surface area contributed by atoms with Gasteiger partial charge in [-0.15, -0.1) is 5.10 Å². The van der Waals surface area contributed by atoms with Crippen LogP contribution in [-0.2, 0) is 49.1 Å². The van der Waals surface area contributed by atoms with Crippen LogP contribution in [0.1, 0.15) is 67.3 Å². The van der Waals surface area contributed by atoms with Crippen LogP contribution < -0.4 is 22.0 Å². The Morgan fingerprint density at radius 3 is 1.39 bits per heavy atom. The highest BCUT2D eigenvalue weighted by atomic mass is 79.9. The van der Waals surface area contributed by atoms with E-state index in [1.807, 2.05) is 6.07 Å². The number of rotatable bonds is 13. The summed E-state index contributed by atoms with van der Waals surface area (Å²) in [7, 11) is 9.82. The average molecular weight is 2050 g/mol. The Balaban J connectivity index is 0.000000251. The Bertz CT molecular complexity index is 5310. The smallest absolute Gasteiger partial charge is 0.454 e. The Kier molecular flexibility index (Phi) is 35.5. The number of furan rings is 3. The minimum atomic E-state index is -4.92. The zero-order valence-corrected chi connectivity index (χ0v) is 67.4. The molecule has 0 radical (unpaired) electrons. The molecule has 0 fully saturated rings. The second-order valence-corrected chi connectivity index (χ2v) is 28.5. The number of hydrogen-bond acceptors (Lipinski definition) is 24. The summed E-state index contributed by atoms with van der Waals surface area (Å²) < 4.78 is 238. The molecule has 1 atom stereocenters. The summed E-state index contributed by atoms with van der Waals surface area (Å²) in [5.41, 5.74) is -4.37. The molecule has 0 amide bonds. The van der Waals surface area contributed by atoms with Crippen molar-refractivity contribution in [3.05, 3.63) is 238 Å². The number of halogens is 22. The number of nitrogen functional groups attached to an aromatic ring is 1. The van der Waals surface area contributed by atoms with Crippen LogP contribution in [-0.4, -0.2) is 123 Å². The first-order valence-electron chi connectivity index (χ1n) is 30.5. The third-order valence-corrected chi connectivity index (χ3v) is 15.9. The first kappa shape index (κ1) is 97.7. The molecule has 12 aromatic heterocycles. The highest BCUT2D eigenvalue weighted by Crippen LogP contribution is 2.44. The number of nitrogens with zero attached hydrogens (tertiary/aromatic N) is 15. The van der Waals surface area contributed by atoms with Crippen molar-refractivity contribution < 1.29 is 112 Å². The van der Waals surface area contributed by atoms with Gasteiger partial charge in [0.2, 0.25) is 9.23 Å². The van der Waals surface area contributed by atoms with Gasteiger partial charge >= 0.3 is 42.6 Å². The highest BCUT2D eigenvalue weighted by molar-refractivity contribution is 9.11. The molecule has 0 spiro atoms. The Morgan fingerprint density at radius 2 is 1.03 bits per heavy atom. The number of allylic oxidation sites excluding steroid dienone is 1. The van der Waals surface area contributed by atoms with Crippen molar-refractivity contribution in [2.75, 3.05) is 24.2 Å². The second-order valence-electron chi connectivity index (χ2n) is 21.4. The SMILES string of the molecule is C.C.CCOC(=O)c1cc(C(F)(F)F)n(-c2ccc(Br)cn2)n1.COC(=CC(=O)C(F)(F)F)c1ccco1.Cn1nc(-c2cc(C(F)(F)F)n(-c3ccc(Br)cn3)n2)oc1=O.FC(F)(F)c1cc(-c2ccco2)nn1-c1ccc(Br)cn1.NNc1ccc(Br)cn1.O=S(Cl)Cl.OC1(C(F)(F)F)CC(c2ccco2)=NN1c1ccc(Br)cn1. The average Bonchev–Trinajstić information content (AvgIpc) is 1.61. The lowest BCUT2D eigenvalue weighted by molar-refractivity contribution is -0.254. The van der Waals surface area contributed by atoms with Crippen molar-refractivity contribution in [1.82, 2.24) is 64.0 Å². The molecule has 51 heteroatoms. The molecule has 0 saturated carbocycles. The van der Waals surface area contributed by atoms with Crippen molar-refractivity contribution >= 4 is 145 Å². The van der Waals surface area contributed by atoms with E-state index in [9.17, 15) is 85.3 Å². The minimum absolute atomic E-state index is 0. The molecule has 0 aliphatic carbocycles. The van der Waals surface area contributed by atoms with Crippen LogP contribution in [0.4, 0.5) is 77.5 Å². The van der Waals surface area contributed by atoms with Gasteiger partial charge < -0.3 is 37.7 Å². The number of alkyl halides is 15. The zero-order valence-electron chi connectivity index (χ0n) is 57.1. The van der Waals surface area contributed by atoms with Crippen molar-refractivity contribution in [1.29, 1.82) is 0 Å². The zero-order chi connectivity index (χ0) is 85.1. The molecule has 1 unspecified atom stereocenters. The molecule has 13 heterocycles. The van der Waals surface area contributed by atoms with E-state index in [0.717, 1.165) is 33.1 Å². The number of ketones is 1. The predicted octanol–water partition coefficient (Wildman–Crippen LogP) is 19.1. The van der Waals surface area contributed by atoms with E-state index in [4.69, 9.17) is 27.7 Å². The fraction of sp³-hybridized carbons (Fsp3) is 0.197. The fourth-order valence-corrected chi connectivity index (χ4v) is 9.72. The van der Waals surface area contributed by atoms with Gasteiger partial charge in [-0.3, -0.25) is 4.79 Å². The van der Waals surface area contributed by atoms with Gasteiger partial charge in [0.15, 0.2) is 69.0 Å². The molecule has 4 N–H and O–H groups in total. The molecule has 0 saturated heterocycles. The van der Waals surface area contributed by atoms with Crippen LogP contribution in [0.15, 0.2) is 221 Å². The standard InChI is InChI=1S/C13H9BrF3N3O2.C13H7BrF3N3O.C12H7BrF3N5O2.C12H9BrF3N3O2.C9H7F3O3.C5H6BrN3.2CH4.Cl2OS/c14-8-3-4-11(18-7-8)20-12(21,13(15,16)17)6-9(19-20)10-2-1-5-22-10;14-8-3-4-12(18-7-8)20-11(13(15,16)17)6-9(19-20)10-2-1-5-21-10;1-20-11(22)23-10(19-20)7-4-8(12(14,15)16)21(18-7)9-3-2-6(13)5-17-9;1-2-21-11(20)8-5-9(12(14,15)16)19(18-8)10-4-3-7(13)6-17-10;1-14-7(6-3-2-4-15-6)5-8(13)9(10,11)12;6-4-1-2-5(9-7)8-3-4;;;1-4(2)3/h1-5,7,21H,6H2;1-7H;2-5H,1H3;3-6H,2H2,1H3;2-5H,1H3;1-3H,7H2,(H,8,9);2*1H4;. The first-order chi connectivity index (χ1) is 53.8. The molecule has 13 rings (SSSR count). The van der Waals surface area contributed by atoms with Gasteiger partial charge in [0, 0.05) is 106 Å². The number of carbonyl (C=O) groups is 2. The van der Waals surface area contributed by atoms with Crippen molar-refractivity contribution in [2.45, 2.75) is 64.8 Å². The molecule has 117 heavy (non-hydrogen) atoms. The number of esters is 1. The monoisotopic (exact) mass is 2040 g/mol. The highest BCUT2D eigenvalue weighted by Gasteiger charge is 2.63. The number of hydrazone groups is 1. The lowest BCUT2D eigenvalue weighted by Gasteiger charge is -2.33. The molecular weight excluding hydrogens is 1990 g/mol. The number of nitrogens with one attached hydrogen (secondary N) is 1. The molecule has 0 bridgehead atoms. The summed E-state index contributed by atoms with van der Waals surface area (Å²) in [6.07, 6.45) is -13.1. The van der Waals surface area contributed by atoms with Gasteiger partial charge in [-0.1, -0.05) is 14.9 Å².